The van der Waals surface area contributed by atoms with Crippen LogP contribution in [0.5, 0.6) is 5.75 Å². The van der Waals surface area contributed by atoms with Gasteiger partial charge < -0.3 is 25.3 Å². The number of hydrogen-bond acceptors (Lipinski definition) is 4. The number of nitrogens with one attached hydrogen (secondary N) is 3. The van der Waals surface area contributed by atoms with E-state index in [2.05, 4.69) is 52.9 Å². The normalized spacial score (nSPS) is 17.6. The third-order valence-corrected chi connectivity index (χ3v) is 6.42. The van der Waals surface area contributed by atoms with Gasteiger partial charge in [-0.05, 0) is 72.6 Å². The Morgan fingerprint density at radius 1 is 1.03 bits per heavy atom. The average Bonchev–Trinajstić information content (AvgIpc) is 3.09. The number of aromatic nitrogens is 2. The number of carbonyl (C=O) groups is 1. The summed E-state index contributed by atoms with van der Waals surface area (Å²) in [5, 5.41) is 8.59. The summed E-state index contributed by atoms with van der Waals surface area (Å²) in [6.45, 7) is 9.10. The monoisotopic (exact) mass is 503 g/mol. The van der Waals surface area contributed by atoms with Crippen LogP contribution in [0.25, 0.3) is 11.0 Å². The van der Waals surface area contributed by atoms with Crippen LogP contribution in [0.3, 0.4) is 0 Å². The van der Waals surface area contributed by atoms with Crippen LogP contribution >= 0.6 is 0 Å². The molecule has 2 amide bonds. The maximum atomic E-state index is 12.5. The minimum Gasteiger partial charge on any atom is -0.406 e. The Morgan fingerprint density at radius 3 is 2.22 bits per heavy atom. The smallest absolute Gasteiger partial charge is 0.406 e. The van der Waals surface area contributed by atoms with Crippen LogP contribution in [0.15, 0.2) is 42.5 Å². The number of amides is 2. The van der Waals surface area contributed by atoms with Gasteiger partial charge in [-0.15, -0.1) is 13.2 Å². The number of rotatable bonds is 5. The van der Waals surface area contributed by atoms with Crippen molar-refractivity contribution in [3.8, 4) is 5.75 Å². The molecular formula is C26H32F3N5O2. The zero-order chi connectivity index (χ0) is 26.3. The molecule has 1 aromatic heterocycles. The summed E-state index contributed by atoms with van der Waals surface area (Å²) in [4.78, 5) is 16.6. The van der Waals surface area contributed by atoms with E-state index in [-0.39, 0.29) is 28.7 Å². The highest BCUT2D eigenvalue weighted by Gasteiger charge is 2.40. The van der Waals surface area contributed by atoms with E-state index in [4.69, 9.17) is 4.98 Å². The Hall–Kier alpha value is -3.43. The van der Waals surface area contributed by atoms with Gasteiger partial charge in [-0.1, -0.05) is 27.7 Å². The maximum Gasteiger partial charge on any atom is 0.573 e. The number of ether oxygens (including phenoxy) is 1. The third-order valence-electron chi connectivity index (χ3n) is 6.42. The third kappa shape index (κ3) is 6.03. The van der Waals surface area contributed by atoms with Gasteiger partial charge in [0.25, 0.3) is 0 Å². The first-order valence-corrected chi connectivity index (χ1v) is 11.9. The lowest BCUT2D eigenvalue weighted by molar-refractivity contribution is -0.274. The summed E-state index contributed by atoms with van der Waals surface area (Å²) in [5.74, 6) is 0.298. The number of benzene rings is 2. The molecule has 0 bridgehead atoms. The van der Waals surface area contributed by atoms with Gasteiger partial charge in [-0.3, -0.25) is 0 Å². The predicted octanol–water partition coefficient (Wildman–Crippen LogP) is 7.21. The summed E-state index contributed by atoms with van der Waals surface area (Å²) < 4.78 is 43.8. The predicted molar refractivity (Wildman–Crippen MR) is 135 cm³/mol. The van der Waals surface area contributed by atoms with Crippen molar-refractivity contribution in [3.05, 3.63) is 42.5 Å². The van der Waals surface area contributed by atoms with Crippen molar-refractivity contribution < 1.29 is 22.7 Å². The Bertz CT molecular complexity index is 1230. The fourth-order valence-corrected chi connectivity index (χ4v) is 5.67. The number of anilines is 3. The lowest BCUT2D eigenvalue weighted by atomic mass is 9.63. The Labute approximate surface area is 208 Å². The van der Waals surface area contributed by atoms with E-state index in [9.17, 15) is 18.0 Å². The van der Waals surface area contributed by atoms with Crippen molar-refractivity contribution in [3.63, 3.8) is 0 Å². The molecule has 0 radical (unpaired) electrons. The number of alkyl halides is 3. The van der Waals surface area contributed by atoms with Crippen LogP contribution in [0.4, 0.5) is 35.3 Å². The van der Waals surface area contributed by atoms with Gasteiger partial charge in [0, 0.05) is 24.5 Å². The molecule has 4 rings (SSSR count). The molecule has 3 aromatic rings. The van der Waals surface area contributed by atoms with Crippen molar-refractivity contribution in [1.29, 1.82) is 0 Å². The van der Waals surface area contributed by atoms with Gasteiger partial charge in [0.2, 0.25) is 5.95 Å². The summed E-state index contributed by atoms with van der Waals surface area (Å²) in [6, 6.07) is 11.0. The molecule has 0 atom stereocenters. The van der Waals surface area contributed by atoms with E-state index in [1.54, 1.807) is 7.05 Å². The lowest BCUT2D eigenvalue weighted by Crippen LogP contribution is -2.35. The summed E-state index contributed by atoms with van der Waals surface area (Å²) >= 11 is 0. The molecule has 1 saturated carbocycles. The molecule has 0 spiro atoms. The molecule has 2 aromatic carbocycles. The van der Waals surface area contributed by atoms with E-state index in [0.29, 0.717) is 22.8 Å². The van der Waals surface area contributed by atoms with Crippen LogP contribution in [0.2, 0.25) is 0 Å². The molecule has 0 saturated heterocycles. The standard InChI is InChI=1S/C26H32F3N5O2/c1-24(2)13-18(14-25(3,4)15-24)34-21-11-8-17(32-23(35)30-5)12-20(21)33-22(34)31-16-6-9-19(10-7-16)36-26(27,28)29/h6-12,18H,13-15H2,1-5H3,(H,31,33)(H2,30,32,35). The number of urea groups is 1. The maximum absolute atomic E-state index is 12.5. The second kappa shape index (κ2) is 9.22. The molecule has 0 unspecified atom stereocenters. The fourth-order valence-electron chi connectivity index (χ4n) is 5.67. The number of halogens is 3. The van der Waals surface area contributed by atoms with Crippen LogP contribution in [0.1, 0.15) is 53.0 Å². The Balaban J connectivity index is 1.73. The van der Waals surface area contributed by atoms with Gasteiger partial charge in [0.1, 0.15) is 5.75 Å². The zero-order valence-corrected chi connectivity index (χ0v) is 21.1. The SMILES string of the molecule is CNC(=O)Nc1ccc2c(c1)nc(Nc1ccc(OC(F)(F)F)cc1)n2C1CC(C)(C)CC(C)(C)C1. The van der Waals surface area contributed by atoms with Crippen molar-refractivity contribution in [1.82, 2.24) is 14.9 Å². The lowest BCUT2D eigenvalue weighted by Gasteiger charge is -2.45. The number of fused-ring (bicyclic) bond motifs is 1. The Kier molecular flexibility index (Phi) is 6.57. The van der Waals surface area contributed by atoms with E-state index in [1.807, 2.05) is 18.2 Å². The largest absolute Gasteiger partial charge is 0.573 e. The van der Waals surface area contributed by atoms with Crippen LogP contribution in [-0.4, -0.2) is 29.0 Å². The molecule has 3 N–H and O–H groups in total. The van der Waals surface area contributed by atoms with Crippen molar-refractivity contribution in [2.75, 3.05) is 17.7 Å². The topological polar surface area (TPSA) is 80.2 Å². The quantitative estimate of drug-likeness (QED) is 0.344. The van der Waals surface area contributed by atoms with Crippen molar-refractivity contribution in [2.24, 2.45) is 10.8 Å². The molecule has 1 aliphatic rings. The molecule has 36 heavy (non-hydrogen) atoms. The summed E-state index contributed by atoms with van der Waals surface area (Å²) in [6.07, 6.45) is -1.74. The first-order valence-electron chi connectivity index (χ1n) is 11.9. The first kappa shape index (κ1) is 25.7. The molecule has 7 nitrogen and oxygen atoms in total. The highest BCUT2D eigenvalue weighted by molar-refractivity contribution is 5.92. The fraction of sp³-hybridized carbons (Fsp3) is 0.462. The highest BCUT2D eigenvalue weighted by Crippen LogP contribution is 2.51. The molecule has 1 fully saturated rings. The second-order valence-corrected chi connectivity index (χ2v) is 11.0. The minimum atomic E-state index is -4.75. The van der Waals surface area contributed by atoms with E-state index >= 15 is 0 Å². The van der Waals surface area contributed by atoms with Gasteiger partial charge >= 0.3 is 12.4 Å². The molecule has 0 aliphatic heterocycles. The average molecular weight is 504 g/mol. The van der Waals surface area contributed by atoms with Crippen LogP contribution in [0, 0.1) is 10.8 Å². The molecular weight excluding hydrogens is 471 g/mol. The minimum absolute atomic E-state index is 0.123. The van der Waals surface area contributed by atoms with Crippen LogP contribution < -0.4 is 20.7 Å². The van der Waals surface area contributed by atoms with Gasteiger partial charge in [0.15, 0.2) is 0 Å². The molecule has 1 aliphatic carbocycles. The molecule has 1 heterocycles. The molecule has 10 heteroatoms. The zero-order valence-electron chi connectivity index (χ0n) is 21.1. The van der Waals surface area contributed by atoms with E-state index < -0.39 is 6.36 Å². The highest BCUT2D eigenvalue weighted by atomic mass is 19.4. The van der Waals surface area contributed by atoms with E-state index in [0.717, 1.165) is 24.8 Å². The number of nitrogens with zero attached hydrogens (tertiary/aromatic N) is 2. The summed E-state index contributed by atoms with van der Waals surface area (Å²) in [7, 11) is 1.54. The van der Waals surface area contributed by atoms with Gasteiger partial charge in [-0.25, -0.2) is 9.78 Å². The second-order valence-electron chi connectivity index (χ2n) is 11.0. The van der Waals surface area contributed by atoms with E-state index in [1.165, 1.54) is 24.3 Å². The number of carbonyl (C=O) groups excluding carboxylic acids is 1. The van der Waals surface area contributed by atoms with Crippen LogP contribution in [-0.2, 0) is 0 Å². The van der Waals surface area contributed by atoms with Gasteiger partial charge in [0.05, 0.1) is 11.0 Å². The van der Waals surface area contributed by atoms with Crippen molar-refractivity contribution >= 4 is 34.4 Å². The number of imidazole rings is 1. The molecule has 194 valence electrons. The Morgan fingerprint density at radius 2 is 1.64 bits per heavy atom. The summed E-state index contributed by atoms with van der Waals surface area (Å²) in [5.41, 5.74) is 3.05. The number of hydrogen-bond donors (Lipinski definition) is 3. The van der Waals surface area contributed by atoms with Gasteiger partial charge in [-0.2, -0.15) is 0 Å². The van der Waals surface area contributed by atoms with Crippen molar-refractivity contribution in [2.45, 2.75) is 59.4 Å². The first-order chi connectivity index (χ1) is 16.7.